The van der Waals surface area contributed by atoms with E-state index in [0.29, 0.717) is 0 Å². The average molecular weight is 357 g/mol. The summed E-state index contributed by atoms with van der Waals surface area (Å²) in [5.41, 5.74) is 5.64. The predicted octanol–water partition coefficient (Wildman–Crippen LogP) is 8.25. The van der Waals surface area contributed by atoms with Crippen molar-refractivity contribution in [3.05, 3.63) is 95.1 Å². The van der Waals surface area contributed by atoms with E-state index in [-0.39, 0.29) is 0 Å². The zero-order valence-corrected chi connectivity index (χ0v) is 17.6. The van der Waals surface area contributed by atoms with Gasteiger partial charge in [0.25, 0.3) is 0 Å². The standard InChI is InChI=1S/C23H20.2C2H6/c1-16-11-13-18-7-3-5-9-20(18)22(16)15-23-17(2)12-14-19-8-4-6-10-21(19)23;2*1-2/h3-14H,15H2,1-2H3;2*1-2H3. The van der Waals surface area contributed by atoms with E-state index in [1.807, 2.05) is 27.7 Å². The van der Waals surface area contributed by atoms with E-state index in [4.69, 9.17) is 0 Å². The third-order valence-corrected chi connectivity index (χ3v) is 4.90. The molecule has 0 nitrogen and oxygen atoms in total. The predicted molar refractivity (Wildman–Crippen MR) is 123 cm³/mol. The second kappa shape index (κ2) is 9.92. The van der Waals surface area contributed by atoms with Crippen LogP contribution in [0, 0.1) is 13.8 Å². The summed E-state index contributed by atoms with van der Waals surface area (Å²) in [5.74, 6) is 0. The number of rotatable bonds is 2. The molecule has 0 aromatic heterocycles. The first-order valence-electron chi connectivity index (χ1n) is 10.2. The van der Waals surface area contributed by atoms with Crippen LogP contribution in [0.3, 0.4) is 0 Å². The Bertz CT molecular complexity index is 926. The van der Waals surface area contributed by atoms with Crippen LogP contribution in [-0.2, 0) is 6.42 Å². The third-order valence-electron chi connectivity index (χ3n) is 4.90. The van der Waals surface area contributed by atoms with E-state index in [9.17, 15) is 0 Å². The van der Waals surface area contributed by atoms with Gasteiger partial charge in [0.1, 0.15) is 0 Å². The van der Waals surface area contributed by atoms with Crippen LogP contribution in [0.5, 0.6) is 0 Å². The third kappa shape index (κ3) is 4.39. The fourth-order valence-corrected chi connectivity index (χ4v) is 3.54. The van der Waals surface area contributed by atoms with Gasteiger partial charge >= 0.3 is 0 Å². The zero-order chi connectivity index (χ0) is 19.8. The first kappa shape index (κ1) is 20.7. The van der Waals surface area contributed by atoms with Crippen molar-refractivity contribution >= 4 is 21.5 Å². The molecule has 0 heteroatoms. The fourth-order valence-electron chi connectivity index (χ4n) is 3.54. The van der Waals surface area contributed by atoms with Crippen molar-refractivity contribution in [2.24, 2.45) is 0 Å². The number of aryl methyl sites for hydroxylation is 2. The van der Waals surface area contributed by atoms with E-state index in [1.165, 1.54) is 43.8 Å². The molecule has 0 bridgehead atoms. The molecule has 0 saturated heterocycles. The quantitative estimate of drug-likeness (QED) is 0.339. The molecule has 0 atom stereocenters. The Hall–Kier alpha value is -2.60. The van der Waals surface area contributed by atoms with Crippen molar-refractivity contribution in [2.75, 3.05) is 0 Å². The monoisotopic (exact) mass is 356 g/mol. The highest BCUT2D eigenvalue weighted by molar-refractivity contribution is 5.90. The summed E-state index contributed by atoms with van der Waals surface area (Å²) in [6, 6.07) is 26.4. The summed E-state index contributed by atoms with van der Waals surface area (Å²) < 4.78 is 0. The van der Waals surface area contributed by atoms with Crippen LogP contribution in [0.25, 0.3) is 21.5 Å². The first-order valence-corrected chi connectivity index (χ1v) is 10.2. The Morgan fingerprint density at radius 3 is 1.26 bits per heavy atom. The van der Waals surface area contributed by atoms with Gasteiger partial charge in [0.05, 0.1) is 0 Å². The molecule has 0 heterocycles. The Morgan fingerprint density at radius 1 is 0.481 bits per heavy atom. The highest BCUT2D eigenvalue weighted by atomic mass is 14.1. The summed E-state index contributed by atoms with van der Waals surface area (Å²) in [6.45, 7) is 12.4. The van der Waals surface area contributed by atoms with Gasteiger partial charge in [-0.3, -0.25) is 0 Å². The van der Waals surface area contributed by atoms with Crippen molar-refractivity contribution in [3.63, 3.8) is 0 Å². The lowest BCUT2D eigenvalue weighted by atomic mass is 9.90. The number of benzene rings is 4. The van der Waals surface area contributed by atoms with Crippen molar-refractivity contribution in [1.82, 2.24) is 0 Å². The summed E-state index contributed by atoms with van der Waals surface area (Å²) in [6.07, 6.45) is 0.986. The molecule has 0 N–H and O–H groups in total. The van der Waals surface area contributed by atoms with E-state index in [0.717, 1.165) is 6.42 Å². The minimum Gasteiger partial charge on any atom is -0.0683 e. The molecular formula is C27H32. The van der Waals surface area contributed by atoms with Gasteiger partial charge in [0, 0.05) is 0 Å². The van der Waals surface area contributed by atoms with E-state index in [2.05, 4.69) is 86.6 Å². The van der Waals surface area contributed by atoms with Gasteiger partial charge in [-0.05, 0) is 64.1 Å². The van der Waals surface area contributed by atoms with Gasteiger partial charge in [-0.15, -0.1) is 0 Å². The van der Waals surface area contributed by atoms with Gasteiger partial charge < -0.3 is 0 Å². The lowest BCUT2D eigenvalue weighted by Crippen LogP contribution is -1.97. The fraction of sp³-hybridized carbons (Fsp3) is 0.259. The smallest absolute Gasteiger partial charge is 0.000820 e. The van der Waals surface area contributed by atoms with Crippen molar-refractivity contribution < 1.29 is 0 Å². The molecule has 0 aliphatic carbocycles. The molecule has 0 amide bonds. The minimum absolute atomic E-state index is 0.986. The molecule has 0 saturated carbocycles. The molecule has 4 aromatic rings. The van der Waals surface area contributed by atoms with Crippen LogP contribution in [-0.4, -0.2) is 0 Å². The Labute approximate surface area is 164 Å². The maximum absolute atomic E-state index is 2.25. The Balaban J connectivity index is 0.000000614. The van der Waals surface area contributed by atoms with Crippen LogP contribution in [0.4, 0.5) is 0 Å². The maximum atomic E-state index is 2.25. The second-order valence-electron chi connectivity index (χ2n) is 6.34. The molecule has 0 aliphatic rings. The molecule has 0 aliphatic heterocycles. The van der Waals surface area contributed by atoms with Crippen molar-refractivity contribution in [3.8, 4) is 0 Å². The van der Waals surface area contributed by atoms with Crippen LogP contribution < -0.4 is 0 Å². The summed E-state index contributed by atoms with van der Waals surface area (Å²) in [5, 5.41) is 5.40. The van der Waals surface area contributed by atoms with Gasteiger partial charge in [-0.25, -0.2) is 0 Å². The highest BCUT2D eigenvalue weighted by Gasteiger charge is 2.10. The Morgan fingerprint density at radius 2 is 0.852 bits per heavy atom. The largest absolute Gasteiger partial charge is 0.0683 e. The second-order valence-corrected chi connectivity index (χ2v) is 6.34. The normalized spacial score (nSPS) is 10.0. The van der Waals surface area contributed by atoms with Crippen LogP contribution in [0.15, 0.2) is 72.8 Å². The molecule has 140 valence electrons. The topological polar surface area (TPSA) is 0 Å². The average Bonchev–Trinajstić information content (AvgIpc) is 2.74. The molecule has 4 aromatic carbocycles. The van der Waals surface area contributed by atoms with E-state index >= 15 is 0 Å². The Kier molecular flexibility index (Phi) is 7.61. The maximum Gasteiger partial charge on any atom is -0.000820 e. The molecule has 0 spiro atoms. The lowest BCUT2D eigenvalue weighted by Gasteiger charge is -2.15. The summed E-state index contributed by atoms with van der Waals surface area (Å²) >= 11 is 0. The zero-order valence-electron chi connectivity index (χ0n) is 17.6. The van der Waals surface area contributed by atoms with Crippen molar-refractivity contribution in [1.29, 1.82) is 0 Å². The number of hydrogen-bond donors (Lipinski definition) is 0. The van der Waals surface area contributed by atoms with E-state index in [1.54, 1.807) is 0 Å². The van der Waals surface area contributed by atoms with Gasteiger partial charge in [0.15, 0.2) is 0 Å². The molecular weight excluding hydrogens is 324 g/mol. The van der Waals surface area contributed by atoms with Crippen molar-refractivity contribution in [2.45, 2.75) is 48.0 Å². The highest BCUT2D eigenvalue weighted by Crippen LogP contribution is 2.29. The van der Waals surface area contributed by atoms with Gasteiger partial charge in [0.2, 0.25) is 0 Å². The lowest BCUT2D eigenvalue weighted by molar-refractivity contribution is 1.17. The van der Waals surface area contributed by atoms with Crippen LogP contribution in [0.1, 0.15) is 49.9 Å². The first-order chi connectivity index (χ1) is 13.2. The van der Waals surface area contributed by atoms with Crippen LogP contribution in [0.2, 0.25) is 0 Å². The summed E-state index contributed by atoms with van der Waals surface area (Å²) in [4.78, 5) is 0. The SMILES string of the molecule is CC.CC.Cc1ccc2ccccc2c1Cc1c(C)ccc2ccccc12. The van der Waals surface area contributed by atoms with Crippen LogP contribution >= 0.6 is 0 Å². The molecule has 0 radical (unpaired) electrons. The minimum atomic E-state index is 0.986. The van der Waals surface area contributed by atoms with E-state index < -0.39 is 0 Å². The molecule has 0 unspecified atom stereocenters. The van der Waals surface area contributed by atoms with Gasteiger partial charge in [-0.1, -0.05) is 100 Å². The molecule has 0 fully saturated rings. The van der Waals surface area contributed by atoms with Gasteiger partial charge in [-0.2, -0.15) is 0 Å². The number of fused-ring (bicyclic) bond motifs is 2. The molecule has 27 heavy (non-hydrogen) atoms. The number of hydrogen-bond acceptors (Lipinski definition) is 0. The molecule has 4 rings (SSSR count). The summed E-state index contributed by atoms with van der Waals surface area (Å²) in [7, 11) is 0.